The number of aliphatic hydroxyl groups excluding tert-OH is 1. The first kappa shape index (κ1) is 28.5. The van der Waals surface area contributed by atoms with Gasteiger partial charge in [0.25, 0.3) is 0 Å². The second-order valence-corrected chi connectivity index (χ2v) is 12.6. The first-order valence-electron chi connectivity index (χ1n) is 13.1. The van der Waals surface area contributed by atoms with Crippen molar-refractivity contribution in [2.75, 3.05) is 24.6 Å². The van der Waals surface area contributed by atoms with E-state index in [9.17, 15) is 19.5 Å². The van der Waals surface area contributed by atoms with E-state index in [-0.39, 0.29) is 35.7 Å². The summed E-state index contributed by atoms with van der Waals surface area (Å²) in [6.07, 6.45) is 3.15. The summed E-state index contributed by atoms with van der Waals surface area (Å²) in [6, 6.07) is 7.66. The third kappa shape index (κ3) is 4.42. The van der Waals surface area contributed by atoms with Crippen LogP contribution in [0.2, 0.25) is 0 Å². The molecule has 9 heteroatoms. The number of carbonyl (C=O) groups excluding carboxylic acids is 3. The first-order chi connectivity index (χ1) is 17.9. The highest BCUT2D eigenvalue weighted by molar-refractivity contribution is 9.09. The summed E-state index contributed by atoms with van der Waals surface area (Å²) in [5, 5.41) is 10.1. The van der Waals surface area contributed by atoms with Crippen LogP contribution in [0.1, 0.15) is 34.1 Å². The Balaban J connectivity index is 1.82. The molecule has 0 aromatic heterocycles. The molecule has 3 aliphatic rings. The van der Waals surface area contributed by atoms with E-state index in [0.717, 1.165) is 0 Å². The molecule has 3 heterocycles. The van der Waals surface area contributed by atoms with Gasteiger partial charge in [-0.15, -0.1) is 13.2 Å². The van der Waals surface area contributed by atoms with E-state index >= 15 is 0 Å². The summed E-state index contributed by atoms with van der Waals surface area (Å²) < 4.78 is 6.63. The van der Waals surface area contributed by atoms with Crippen molar-refractivity contribution in [1.29, 1.82) is 0 Å². The van der Waals surface area contributed by atoms with Gasteiger partial charge >= 0.3 is 0 Å². The van der Waals surface area contributed by atoms with Crippen LogP contribution in [0, 0.1) is 11.8 Å². The quantitative estimate of drug-likeness (QED) is 0.354. The van der Waals surface area contributed by atoms with Crippen LogP contribution in [0.15, 0.2) is 55.6 Å². The van der Waals surface area contributed by atoms with Crippen molar-refractivity contribution in [1.82, 2.24) is 9.80 Å². The Kier molecular flexibility index (Phi) is 7.94. The minimum atomic E-state index is -1.20. The van der Waals surface area contributed by atoms with Gasteiger partial charge in [-0.3, -0.25) is 14.4 Å². The van der Waals surface area contributed by atoms with Gasteiger partial charge in [0.2, 0.25) is 17.7 Å². The maximum absolute atomic E-state index is 14.3. The lowest BCUT2D eigenvalue weighted by molar-refractivity contribution is -0.153. The van der Waals surface area contributed by atoms with Crippen molar-refractivity contribution in [2.24, 2.45) is 11.8 Å². The molecule has 1 aromatic rings. The van der Waals surface area contributed by atoms with Gasteiger partial charge in [-0.1, -0.05) is 46.3 Å². The second-order valence-electron chi connectivity index (χ2n) is 11.4. The second kappa shape index (κ2) is 10.6. The molecule has 3 saturated heterocycles. The third-order valence-electron chi connectivity index (χ3n) is 8.02. The number of benzene rings is 1. The van der Waals surface area contributed by atoms with Crippen LogP contribution in [-0.4, -0.2) is 86.5 Å². The van der Waals surface area contributed by atoms with E-state index in [4.69, 9.17) is 4.74 Å². The first-order valence-corrected chi connectivity index (χ1v) is 14.0. The normalized spacial score (nSPS) is 30.6. The molecular weight excluding hydrogens is 550 g/mol. The summed E-state index contributed by atoms with van der Waals surface area (Å²) in [5.41, 5.74) is -1.05. The topological polar surface area (TPSA) is 90.4 Å². The monoisotopic (exact) mass is 587 g/mol. The standard InChI is InChI=1S/C29H38BrN3O5/c1-7-14-31(19-12-10-9-11-13-19)25(35)21-22-26(36)33(18(3)17-34)24(29(22)16-20(30)23(21)38-29)27(37)32(15-8-2)28(4,5)6/h7-13,18,20-24,34H,1-2,14-17H2,3-6H3/t18-,20?,21-,22+,23-,24?,29?/m1/s1. The van der Waals surface area contributed by atoms with E-state index in [0.29, 0.717) is 18.7 Å². The van der Waals surface area contributed by atoms with Gasteiger partial charge in [0.1, 0.15) is 11.6 Å². The van der Waals surface area contributed by atoms with Crippen molar-refractivity contribution >= 4 is 39.3 Å². The van der Waals surface area contributed by atoms with E-state index < -0.39 is 41.2 Å². The fourth-order valence-corrected chi connectivity index (χ4v) is 7.34. The maximum atomic E-state index is 14.3. The minimum absolute atomic E-state index is 0.218. The number of nitrogens with zero attached hydrogens (tertiary/aromatic N) is 3. The minimum Gasteiger partial charge on any atom is -0.394 e. The predicted octanol–water partition coefficient (Wildman–Crippen LogP) is 3.15. The molecule has 3 unspecified atom stereocenters. The maximum Gasteiger partial charge on any atom is 0.249 e. The molecule has 0 radical (unpaired) electrons. The molecule has 206 valence electrons. The average molecular weight is 589 g/mol. The Morgan fingerprint density at radius 2 is 1.84 bits per heavy atom. The summed E-state index contributed by atoms with van der Waals surface area (Å²) >= 11 is 3.72. The summed E-state index contributed by atoms with van der Waals surface area (Å²) in [5.74, 6) is -2.49. The molecule has 7 atom stereocenters. The summed E-state index contributed by atoms with van der Waals surface area (Å²) in [7, 11) is 0. The van der Waals surface area contributed by atoms with Gasteiger partial charge in [0.15, 0.2) is 0 Å². The van der Waals surface area contributed by atoms with Crippen LogP contribution in [-0.2, 0) is 19.1 Å². The van der Waals surface area contributed by atoms with Crippen LogP contribution in [0.3, 0.4) is 0 Å². The molecule has 3 aliphatic heterocycles. The van der Waals surface area contributed by atoms with Crippen molar-refractivity contribution in [3.8, 4) is 0 Å². The predicted molar refractivity (Wildman–Crippen MR) is 150 cm³/mol. The number of hydrogen-bond donors (Lipinski definition) is 1. The fraction of sp³-hybridized carbons (Fsp3) is 0.552. The van der Waals surface area contributed by atoms with Gasteiger partial charge in [-0.2, -0.15) is 0 Å². The largest absolute Gasteiger partial charge is 0.394 e. The number of halogens is 1. The third-order valence-corrected chi connectivity index (χ3v) is 8.86. The SMILES string of the molecule is C=CCN(C(=O)[C@H]1[C@@H]2OC3(CC2Br)C(C(=O)N(CC=C)C(C)(C)C)N([C@H](C)CO)C(=O)[C@H]13)c1ccccc1. The highest BCUT2D eigenvalue weighted by Crippen LogP contribution is 2.61. The summed E-state index contributed by atoms with van der Waals surface area (Å²) in [4.78, 5) is 47.3. The Bertz CT molecular complexity index is 1110. The van der Waals surface area contributed by atoms with Crippen molar-refractivity contribution in [2.45, 2.75) is 68.3 Å². The van der Waals surface area contributed by atoms with E-state index in [1.54, 1.807) is 28.9 Å². The number of rotatable bonds is 9. The number of ether oxygens (including phenoxy) is 1. The molecule has 0 saturated carbocycles. The smallest absolute Gasteiger partial charge is 0.249 e. The lowest BCUT2D eigenvalue weighted by Crippen LogP contribution is -2.61. The van der Waals surface area contributed by atoms with Gasteiger partial charge in [0.05, 0.1) is 30.6 Å². The number of carbonyl (C=O) groups is 3. The van der Waals surface area contributed by atoms with Gasteiger partial charge in [-0.25, -0.2) is 0 Å². The van der Waals surface area contributed by atoms with E-state index in [1.165, 1.54) is 4.90 Å². The molecule has 8 nitrogen and oxygen atoms in total. The molecule has 1 spiro atoms. The van der Waals surface area contributed by atoms with Crippen molar-refractivity contribution in [3.63, 3.8) is 0 Å². The van der Waals surface area contributed by atoms with Crippen LogP contribution in [0.5, 0.6) is 0 Å². The number of amides is 3. The van der Waals surface area contributed by atoms with E-state index in [2.05, 4.69) is 29.1 Å². The molecule has 3 amide bonds. The van der Waals surface area contributed by atoms with Gasteiger partial charge < -0.3 is 24.5 Å². The fourth-order valence-electron chi connectivity index (χ4n) is 6.40. The van der Waals surface area contributed by atoms with Gasteiger partial charge in [0, 0.05) is 29.1 Å². The molecule has 1 N–H and O–H groups in total. The zero-order valence-electron chi connectivity index (χ0n) is 22.5. The molecular formula is C29H38BrN3O5. The molecule has 3 fully saturated rings. The Labute approximate surface area is 233 Å². The lowest BCUT2D eigenvalue weighted by atomic mass is 9.70. The summed E-state index contributed by atoms with van der Waals surface area (Å²) in [6.45, 7) is 15.4. The van der Waals surface area contributed by atoms with Gasteiger partial charge in [-0.05, 0) is 46.2 Å². The zero-order chi connectivity index (χ0) is 28.0. The van der Waals surface area contributed by atoms with Crippen LogP contribution < -0.4 is 4.90 Å². The Hall–Kier alpha value is -2.49. The number of aliphatic hydroxyl groups is 1. The number of para-hydroxylation sites is 1. The molecule has 1 aromatic carbocycles. The number of fused-ring (bicyclic) bond motifs is 1. The lowest BCUT2D eigenvalue weighted by Gasteiger charge is -2.43. The van der Waals surface area contributed by atoms with Crippen LogP contribution >= 0.6 is 15.9 Å². The number of hydrogen-bond acceptors (Lipinski definition) is 5. The van der Waals surface area contributed by atoms with E-state index in [1.807, 2.05) is 51.1 Å². The highest BCUT2D eigenvalue weighted by atomic mass is 79.9. The molecule has 2 bridgehead atoms. The Morgan fingerprint density at radius 3 is 2.39 bits per heavy atom. The van der Waals surface area contributed by atoms with Crippen molar-refractivity contribution < 1.29 is 24.2 Å². The number of anilines is 1. The van der Waals surface area contributed by atoms with Crippen LogP contribution in [0.25, 0.3) is 0 Å². The number of alkyl halides is 1. The molecule has 4 rings (SSSR count). The molecule has 0 aliphatic carbocycles. The van der Waals surface area contributed by atoms with Crippen LogP contribution in [0.4, 0.5) is 5.69 Å². The molecule has 38 heavy (non-hydrogen) atoms. The Morgan fingerprint density at radius 1 is 1.21 bits per heavy atom. The van der Waals surface area contributed by atoms with Crippen molar-refractivity contribution in [3.05, 3.63) is 55.6 Å². The average Bonchev–Trinajstić information content (AvgIpc) is 3.47. The number of likely N-dealkylation sites (tertiary alicyclic amines) is 1. The highest BCUT2D eigenvalue weighted by Gasteiger charge is 2.77. The zero-order valence-corrected chi connectivity index (χ0v) is 24.1.